The molecule has 0 bridgehead atoms. The average molecular weight is 431 g/mol. The zero-order valence-corrected chi connectivity index (χ0v) is 17.3. The molecule has 5 rings (SSSR count). The molecular weight excluding hydrogens is 414 g/mol. The van der Waals surface area contributed by atoms with Crippen LogP contribution in [0.25, 0.3) is 27.2 Å². The Morgan fingerprint density at radius 2 is 2.06 bits per heavy atom. The normalized spacial score (nSPS) is 11.1. The van der Waals surface area contributed by atoms with E-state index in [1.54, 1.807) is 41.7 Å². The minimum Gasteiger partial charge on any atom is -0.490 e. The number of anilines is 1. The van der Waals surface area contributed by atoms with E-state index < -0.39 is 11.5 Å². The van der Waals surface area contributed by atoms with E-state index in [1.807, 2.05) is 41.2 Å². The van der Waals surface area contributed by atoms with Crippen molar-refractivity contribution in [3.05, 3.63) is 82.3 Å². The van der Waals surface area contributed by atoms with E-state index >= 15 is 0 Å². The van der Waals surface area contributed by atoms with E-state index in [1.165, 1.54) is 6.07 Å². The number of benzene rings is 2. The summed E-state index contributed by atoms with van der Waals surface area (Å²) in [5.74, 6) is -0.0634. The van der Waals surface area contributed by atoms with Crippen LogP contribution in [0.4, 0.5) is 5.69 Å². The molecule has 1 N–H and O–H groups in total. The lowest BCUT2D eigenvalue weighted by Crippen LogP contribution is -2.20. The number of aromatic nitrogens is 2. The van der Waals surface area contributed by atoms with Gasteiger partial charge in [0.2, 0.25) is 0 Å². The molecular formula is C23H17N3O4S. The van der Waals surface area contributed by atoms with Crippen LogP contribution in [-0.4, -0.2) is 21.9 Å². The molecule has 0 radical (unpaired) electrons. The highest BCUT2D eigenvalue weighted by molar-refractivity contribution is 7.15. The average Bonchev–Trinajstić information content (AvgIpc) is 3.37. The van der Waals surface area contributed by atoms with Gasteiger partial charge in [0, 0.05) is 34.4 Å². The van der Waals surface area contributed by atoms with Crippen molar-refractivity contribution in [3.8, 4) is 17.0 Å². The number of carbonyl (C=O) groups excluding carboxylic acids is 1. The van der Waals surface area contributed by atoms with Crippen molar-refractivity contribution >= 4 is 38.9 Å². The molecule has 5 aromatic rings. The zero-order chi connectivity index (χ0) is 21.4. The van der Waals surface area contributed by atoms with Gasteiger partial charge in [0.15, 0.2) is 16.3 Å². The maximum absolute atomic E-state index is 12.7. The maximum atomic E-state index is 12.7. The monoisotopic (exact) mass is 431 g/mol. The number of hydrogen-bond donors (Lipinski definition) is 1. The number of para-hydroxylation sites is 1. The van der Waals surface area contributed by atoms with Gasteiger partial charge >= 0.3 is 5.63 Å². The van der Waals surface area contributed by atoms with Crippen LogP contribution in [-0.2, 0) is 0 Å². The van der Waals surface area contributed by atoms with E-state index in [0.29, 0.717) is 29.0 Å². The summed E-state index contributed by atoms with van der Waals surface area (Å²) in [5.41, 5.74) is 1.89. The molecule has 0 saturated carbocycles. The number of carbonyl (C=O) groups is 1. The fourth-order valence-corrected chi connectivity index (χ4v) is 4.03. The second-order valence-electron chi connectivity index (χ2n) is 6.81. The minimum absolute atomic E-state index is 0.0698. The summed E-state index contributed by atoms with van der Waals surface area (Å²) < 4.78 is 12.8. The van der Waals surface area contributed by atoms with Crippen molar-refractivity contribution in [2.24, 2.45) is 0 Å². The third-order valence-corrected chi connectivity index (χ3v) is 5.57. The summed E-state index contributed by atoms with van der Waals surface area (Å²) in [7, 11) is 0. The minimum atomic E-state index is -0.716. The first-order valence-corrected chi connectivity index (χ1v) is 10.5. The van der Waals surface area contributed by atoms with Crippen LogP contribution in [0.1, 0.15) is 17.3 Å². The topological polar surface area (TPSA) is 85.8 Å². The first kappa shape index (κ1) is 19.1. The Morgan fingerprint density at radius 1 is 1.23 bits per heavy atom. The van der Waals surface area contributed by atoms with E-state index in [9.17, 15) is 9.59 Å². The molecule has 0 aliphatic rings. The number of rotatable bonds is 5. The van der Waals surface area contributed by atoms with E-state index in [2.05, 4.69) is 10.3 Å². The molecule has 3 heterocycles. The predicted octanol–water partition coefficient (Wildman–Crippen LogP) is 4.82. The summed E-state index contributed by atoms with van der Waals surface area (Å²) >= 11 is 1.57. The Bertz CT molecular complexity index is 1440. The zero-order valence-electron chi connectivity index (χ0n) is 16.5. The molecule has 0 unspecified atom stereocenters. The fourth-order valence-electron chi connectivity index (χ4n) is 3.33. The predicted molar refractivity (Wildman–Crippen MR) is 120 cm³/mol. The van der Waals surface area contributed by atoms with Crippen molar-refractivity contribution in [2.45, 2.75) is 6.92 Å². The van der Waals surface area contributed by atoms with Crippen LogP contribution in [0, 0.1) is 0 Å². The number of fused-ring (bicyclic) bond motifs is 2. The number of amides is 1. The maximum Gasteiger partial charge on any atom is 0.349 e. The number of imidazole rings is 1. The fraction of sp³-hybridized carbons (Fsp3) is 0.0870. The molecule has 7 nitrogen and oxygen atoms in total. The second kappa shape index (κ2) is 7.73. The highest BCUT2D eigenvalue weighted by atomic mass is 32.1. The van der Waals surface area contributed by atoms with Gasteiger partial charge in [-0.3, -0.25) is 9.20 Å². The molecule has 2 aromatic carbocycles. The van der Waals surface area contributed by atoms with Crippen molar-refractivity contribution in [1.82, 2.24) is 9.38 Å². The molecule has 8 heteroatoms. The number of nitrogens with zero attached hydrogens (tertiary/aromatic N) is 2. The van der Waals surface area contributed by atoms with Crippen LogP contribution in [0.3, 0.4) is 0 Å². The molecule has 0 saturated heterocycles. The lowest BCUT2D eigenvalue weighted by molar-refractivity contribution is 0.102. The van der Waals surface area contributed by atoms with Crippen molar-refractivity contribution in [2.75, 3.05) is 11.9 Å². The van der Waals surface area contributed by atoms with E-state index in [0.717, 1.165) is 16.2 Å². The summed E-state index contributed by atoms with van der Waals surface area (Å²) in [5, 5.41) is 5.34. The van der Waals surface area contributed by atoms with Gasteiger partial charge in [-0.25, -0.2) is 9.78 Å². The van der Waals surface area contributed by atoms with Gasteiger partial charge in [-0.15, -0.1) is 11.3 Å². The molecule has 0 fully saturated rings. The Hall–Kier alpha value is -3.91. The molecule has 1 amide bonds. The lowest BCUT2D eigenvalue weighted by atomic mass is 10.1. The van der Waals surface area contributed by atoms with Crippen molar-refractivity contribution in [1.29, 1.82) is 0 Å². The van der Waals surface area contributed by atoms with Gasteiger partial charge < -0.3 is 14.5 Å². The largest absolute Gasteiger partial charge is 0.490 e. The van der Waals surface area contributed by atoms with E-state index in [-0.39, 0.29) is 5.56 Å². The van der Waals surface area contributed by atoms with Crippen LogP contribution in [0.2, 0.25) is 0 Å². The number of ether oxygens (including phenoxy) is 1. The Balaban J connectivity index is 1.39. The molecule has 154 valence electrons. The SMILES string of the molecule is CCOc1cccc2cc(C(=O)Nc3ccc(-c4cn5ccsc5n4)cc3)c(=O)oc12. The highest BCUT2D eigenvalue weighted by Gasteiger charge is 2.16. The molecule has 0 atom stereocenters. The Kier molecular flexibility index (Phi) is 4.76. The van der Waals surface area contributed by atoms with Crippen LogP contribution in [0.15, 0.2) is 75.5 Å². The quantitative estimate of drug-likeness (QED) is 0.403. The molecule has 0 spiro atoms. The third kappa shape index (κ3) is 3.57. The second-order valence-corrected chi connectivity index (χ2v) is 7.68. The third-order valence-electron chi connectivity index (χ3n) is 4.80. The van der Waals surface area contributed by atoms with Gasteiger partial charge in [0.05, 0.1) is 12.3 Å². The summed E-state index contributed by atoms with van der Waals surface area (Å²) in [6.45, 7) is 2.29. The summed E-state index contributed by atoms with van der Waals surface area (Å²) in [4.78, 5) is 30.6. The number of hydrogen-bond acceptors (Lipinski definition) is 6. The molecule has 0 aliphatic heterocycles. The summed E-state index contributed by atoms with van der Waals surface area (Å²) in [6, 6.07) is 14.1. The molecule has 31 heavy (non-hydrogen) atoms. The highest BCUT2D eigenvalue weighted by Crippen LogP contribution is 2.26. The number of nitrogens with one attached hydrogen (secondary N) is 1. The Labute approximate surface area is 180 Å². The van der Waals surface area contributed by atoms with Gasteiger partial charge in [-0.2, -0.15) is 0 Å². The molecule has 3 aromatic heterocycles. The van der Waals surface area contributed by atoms with E-state index in [4.69, 9.17) is 9.15 Å². The van der Waals surface area contributed by atoms with Crippen LogP contribution >= 0.6 is 11.3 Å². The molecule has 0 aliphatic carbocycles. The Morgan fingerprint density at radius 3 is 2.84 bits per heavy atom. The first-order chi connectivity index (χ1) is 15.1. The smallest absolute Gasteiger partial charge is 0.349 e. The number of thiazole rings is 1. The van der Waals surface area contributed by atoms with Crippen LogP contribution < -0.4 is 15.7 Å². The van der Waals surface area contributed by atoms with Crippen molar-refractivity contribution < 1.29 is 13.9 Å². The van der Waals surface area contributed by atoms with Crippen LogP contribution in [0.5, 0.6) is 5.75 Å². The van der Waals surface area contributed by atoms with Gasteiger partial charge in [0.1, 0.15) is 5.56 Å². The van der Waals surface area contributed by atoms with Gasteiger partial charge in [-0.1, -0.05) is 24.3 Å². The lowest BCUT2D eigenvalue weighted by Gasteiger charge is -2.08. The van der Waals surface area contributed by atoms with Crippen molar-refractivity contribution in [3.63, 3.8) is 0 Å². The van der Waals surface area contributed by atoms with Gasteiger partial charge in [0.25, 0.3) is 5.91 Å². The standard InChI is InChI=1S/C23H17N3O4S/c1-2-29-19-5-3-4-15-12-17(22(28)30-20(15)19)21(27)24-16-8-6-14(7-9-16)18-13-26-10-11-31-23(26)25-18/h3-13H,2H2,1H3,(H,24,27). The first-order valence-electron chi connectivity index (χ1n) is 9.66. The van der Waals surface area contributed by atoms with Gasteiger partial charge in [-0.05, 0) is 31.2 Å². The summed E-state index contributed by atoms with van der Waals surface area (Å²) in [6.07, 6.45) is 3.91.